The van der Waals surface area contributed by atoms with E-state index in [-0.39, 0.29) is 22.9 Å². The van der Waals surface area contributed by atoms with Crippen LogP contribution in [0, 0.1) is 11.3 Å². The number of carbonyl (C=O) groups is 1. The molecule has 0 aromatic heterocycles. The van der Waals surface area contributed by atoms with Gasteiger partial charge in [-0.2, -0.15) is 18.4 Å². The van der Waals surface area contributed by atoms with Crippen molar-refractivity contribution in [2.24, 2.45) is 0 Å². The van der Waals surface area contributed by atoms with Gasteiger partial charge in [-0.3, -0.25) is 4.79 Å². The Balaban J connectivity index is 1.78. The van der Waals surface area contributed by atoms with Crippen LogP contribution in [0.3, 0.4) is 0 Å². The van der Waals surface area contributed by atoms with Crippen molar-refractivity contribution in [3.63, 3.8) is 0 Å². The number of amides is 1. The van der Waals surface area contributed by atoms with Gasteiger partial charge in [0.2, 0.25) is 0 Å². The topological polar surface area (TPSA) is 71.3 Å². The number of nitrogens with zero attached hydrogens (tertiary/aromatic N) is 1. The number of alkyl halides is 3. The van der Waals surface area contributed by atoms with E-state index in [1.54, 1.807) is 36.4 Å². The number of methoxy groups -OCH3 is 1. The average molecular weight is 521 g/mol. The quantitative estimate of drug-likeness (QED) is 0.265. The molecule has 0 fully saturated rings. The van der Waals surface area contributed by atoms with Crippen LogP contribution in [0.5, 0.6) is 11.5 Å². The van der Waals surface area contributed by atoms with Crippen LogP contribution in [-0.2, 0) is 17.6 Å². The molecule has 0 unspecified atom stereocenters. The summed E-state index contributed by atoms with van der Waals surface area (Å²) < 4.78 is 50.0. The van der Waals surface area contributed by atoms with Gasteiger partial charge in [0.1, 0.15) is 18.2 Å². The van der Waals surface area contributed by atoms with Crippen molar-refractivity contribution >= 4 is 40.9 Å². The van der Waals surface area contributed by atoms with E-state index in [2.05, 4.69) is 5.32 Å². The highest BCUT2D eigenvalue weighted by Crippen LogP contribution is 2.34. The summed E-state index contributed by atoms with van der Waals surface area (Å²) in [4.78, 5) is 12.6. The monoisotopic (exact) mass is 520 g/mol. The van der Waals surface area contributed by atoms with Crippen molar-refractivity contribution < 1.29 is 27.4 Å². The number of nitriles is 1. The summed E-state index contributed by atoms with van der Waals surface area (Å²) in [6.45, 7) is 0.256. The van der Waals surface area contributed by atoms with Crippen molar-refractivity contribution in [1.29, 1.82) is 5.26 Å². The second kappa shape index (κ2) is 11.2. The lowest BCUT2D eigenvalue weighted by Gasteiger charge is -2.12. The van der Waals surface area contributed by atoms with Gasteiger partial charge in [0, 0.05) is 5.02 Å². The number of rotatable bonds is 7. The largest absolute Gasteiger partial charge is 0.493 e. The summed E-state index contributed by atoms with van der Waals surface area (Å²) in [6.07, 6.45) is -3.35. The zero-order valence-electron chi connectivity index (χ0n) is 18.1. The summed E-state index contributed by atoms with van der Waals surface area (Å²) >= 11 is 11.8. The predicted octanol–water partition coefficient (Wildman–Crippen LogP) is 7.15. The first-order valence-corrected chi connectivity index (χ1v) is 10.7. The SMILES string of the molecule is COc1cc(/C=C(/C#N)C(=O)Nc2cc(C(F)(F)F)ccc2Cl)ccc1OCc1ccc(Cl)cc1. The van der Waals surface area contributed by atoms with Crippen molar-refractivity contribution in [2.75, 3.05) is 12.4 Å². The van der Waals surface area contributed by atoms with Crippen LogP contribution in [0.15, 0.2) is 66.2 Å². The summed E-state index contributed by atoms with van der Waals surface area (Å²) in [7, 11) is 1.44. The molecule has 3 aromatic carbocycles. The molecule has 5 nitrogen and oxygen atoms in total. The highest BCUT2D eigenvalue weighted by molar-refractivity contribution is 6.34. The van der Waals surface area contributed by atoms with Crippen LogP contribution < -0.4 is 14.8 Å². The zero-order valence-corrected chi connectivity index (χ0v) is 19.6. The average Bonchev–Trinajstić information content (AvgIpc) is 2.83. The minimum Gasteiger partial charge on any atom is -0.493 e. The third-order valence-corrected chi connectivity index (χ3v) is 5.29. The number of nitrogens with one attached hydrogen (secondary N) is 1. The molecular weight excluding hydrogens is 504 g/mol. The molecule has 0 atom stereocenters. The van der Waals surface area contributed by atoms with Crippen molar-refractivity contribution in [3.8, 4) is 17.6 Å². The molecule has 3 aromatic rings. The molecule has 10 heteroatoms. The Kier molecular flexibility index (Phi) is 8.28. The molecule has 0 heterocycles. The van der Waals surface area contributed by atoms with E-state index in [1.807, 2.05) is 12.1 Å². The summed E-state index contributed by atoms with van der Waals surface area (Å²) in [5.41, 5.74) is -0.287. The van der Waals surface area contributed by atoms with Gasteiger partial charge in [0.15, 0.2) is 11.5 Å². The highest BCUT2D eigenvalue weighted by atomic mass is 35.5. The first-order valence-electron chi connectivity index (χ1n) is 9.96. The summed E-state index contributed by atoms with van der Waals surface area (Å²) in [5.74, 6) is -0.139. The third-order valence-electron chi connectivity index (χ3n) is 4.71. The minimum absolute atomic E-state index is 0.104. The van der Waals surface area contributed by atoms with E-state index in [0.29, 0.717) is 28.2 Å². The third kappa shape index (κ3) is 6.92. The molecule has 0 bridgehead atoms. The molecule has 0 aliphatic heterocycles. The van der Waals surface area contributed by atoms with Gasteiger partial charge in [-0.1, -0.05) is 41.4 Å². The van der Waals surface area contributed by atoms with Crippen molar-refractivity contribution in [3.05, 3.63) is 93.0 Å². The van der Waals surface area contributed by atoms with E-state index in [1.165, 1.54) is 13.2 Å². The van der Waals surface area contributed by atoms with E-state index in [4.69, 9.17) is 32.7 Å². The van der Waals surface area contributed by atoms with E-state index >= 15 is 0 Å². The molecule has 0 spiro atoms. The zero-order chi connectivity index (χ0) is 25.6. The number of hydrogen-bond donors (Lipinski definition) is 1. The Hall–Kier alpha value is -3.67. The molecule has 0 radical (unpaired) electrons. The molecule has 0 aliphatic carbocycles. The molecule has 35 heavy (non-hydrogen) atoms. The number of carbonyl (C=O) groups excluding carboxylic acids is 1. The van der Waals surface area contributed by atoms with Gasteiger partial charge < -0.3 is 14.8 Å². The maximum Gasteiger partial charge on any atom is 0.416 e. The van der Waals surface area contributed by atoms with E-state index in [0.717, 1.165) is 17.7 Å². The second-order valence-corrected chi connectivity index (χ2v) is 7.99. The molecule has 0 saturated heterocycles. The van der Waals surface area contributed by atoms with Crippen LogP contribution in [0.4, 0.5) is 18.9 Å². The normalized spacial score (nSPS) is 11.5. The smallest absolute Gasteiger partial charge is 0.416 e. The van der Waals surface area contributed by atoms with Gasteiger partial charge in [-0.25, -0.2) is 0 Å². The van der Waals surface area contributed by atoms with Gasteiger partial charge in [-0.05, 0) is 59.7 Å². The number of anilines is 1. The predicted molar refractivity (Wildman–Crippen MR) is 127 cm³/mol. The van der Waals surface area contributed by atoms with Gasteiger partial charge in [0.05, 0.1) is 23.4 Å². The van der Waals surface area contributed by atoms with Crippen LogP contribution >= 0.6 is 23.2 Å². The number of hydrogen-bond acceptors (Lipinski definition) is 4. The maximum absolute atomic E-state index is 13.0. The molecule has 0 aliphatic rings. The van der Waals surface area contributed by atoms with Crippen molar-refractivity contribution in [1.82, 2.24) is 0 Å². The van der Waals surface area contributed by atoms with Gasteiger partial charge in [-0.15, -0.1) is 0 Å². The fourth-order valence-corrected chi connectivity index (χ4v) is 3.23. The molecule has 0 saturated carbocycles. The lowest BCUT2D eigenvalue weighted by atomic mass is 10.1. The maximum atomic E-state index is 13.0. The Labute approximate surface area is 209 Å². The number of benzene rings is 3. The lowest BCUT2D eigenvalue weighted by Crippen LogP contribution is -2.15. The molecule has 3 rings (SSSR count). The number of halogens is 5. The Morgan fingerprint density at radius 2 is 1.77 bits per heavy atom. The first kappa shape index (κ1) is 25.9. The van der Waals surface area contributed by atoms with Gasteiger partial charge >= 0.3 is 6.18 Å². The Morgan fingerprint density at radius 1 is 1.06 bits per heavy atom. The Morgan fingerprint density at radius 3 is 2.40 bits per heavy atom. The van der Waals surface area contributed by atoms with Crippen LogP contribution in [0.1, 0.15) is 16.7 Å². The van der Waals surface area contributed by atoms with Crippen LogP contribution in [0.25, 0.3) is 6.08 Å². The molecule has 180 valence electrons. The van der Waals surface area contributed by atoms with Crippen LogP contribution in [-0.4, -0.2) is 13.0 Å². The molecule has 1 N–H and O–H groups in total. The summed E-state index contributed by atoms with van der Waals surface area (Å²) in [5, 5.41) is 12.2. The standard InChI is InChI=1S/C25H17Cl2F3N2O3/c1-34-23-11-16(4-9-22(23)35-14-15-2-6-19(26)7-3-15)10-17(13-31)24(33)32-21-12-18(25(28,29)30)5-8-20(21)27/h2-12H,14H2,1H3,(H,32,33)/b17-10-. The molecule has 1 amide bonds. The first-order chi connectivity index (χ1) is 16.6. The molecular formula is C25H17Cl2F3N2O3. The summed E-state index contributed by atoms with van der Waals surface area (Å²) in [6, 6.07) is 16.1. The second-order valence-electron chi connectivity index (χ2n) is 7.14. The van der Waals surface area contributed by atoms with E-state index in [9.17, 15) is 23.2 Å². The highest BCUT2D eigenvalue weighted by Gasteiger charge is 2.31. The lowest BCUT2D eigenvalue weighted by molar-refractivity contribution is -0.137. The minimum atomic E-state index is -4.62. The van der Waals surface area contributed by atoms with Crippen molar-refractivity contribution in [2.45, 2.75) is 12.8 Å². The Bertz CT molecular complexity index is 1300. The number of ether oxygens (including phenoxy) is 2. The van der Waals surface area contributed by atoms with Gasteiger partial charge in [0.25, 0.3) is 5.91 Å². The fraction of sp³-hybridized carbons (Fsp3) is 0.120. The van der Waals surface area contributed by atoms with Crippen LogP contribution in [0.2, 0.25) is 10.0 Å². The van der Waals surface area contributed by atoms with E-state index < -0.39 is 17.6 Å². The fourth-order valence-electron chi connectivity index (χ4n) is 2.94.